The van der Waals surface area contributed by atoms with E-state index < -0.39 is 29.7 Å². The normalized spacial score (nSPS) is 27.2. The molecule has 4 rings (SSSR count). The van der Waals surface area contributed by atoms with Gasteiger partial charge in [-0.1, -0.05) is 35.7 Å². The van der Waals surface area contributed by atoms with Crippen LogP contribution >= 0.6 is 11.6 Å². The van der Waals surface area contributed by atoms with E-state index in [1.165, 1.54) is 13.2 Å². The first-order valence-corrected chi connectivity index (χ1v) is 11.6. The van der Waals surface area contributed by atoms with Crippen LogP contribution in [-0.4, -0.2) is 47.7 Å². The van der Waals surface area contributed by atoms with Gasteiger partial charge in [0.05, 0.1) is 36.7 Å². The lowest BCUT2D eigenvalue weighted by molar-refractivity contribution is -0.137. The Morgan fingerprint density at radius 3 is 2.73 bits per heavy atom. The van der Waals surface area contributed by atoms with Crippen LogP contribution in [0, 0.1) is 17.8 Å². The number of imide groups is 3. The van der Waals surface area contributed by atoms with Gasteiger partial charge in [0.25, 0.3) is 0 Å². The Labute approximate surface area is 198 Å². The molecule has 4 atom stereocenters. The van der Waals surface area contributed by atoms with E-state index in [1.807, 2.05) is 19.9 Å². The molecule has 1 N–H and O–H groups in total. The van der Waals surface area contributed by atoms with Gasteiger partial charge in [0.15, 0.2) is 0 Å². The number of nitrogens with zero attached hydrogens (tertiary/aromatic N) is 1. The highest BCUT2D eigenvalue weighted by molar-refractivity contribution is 6.32. The summed E-state index contributed by atoms with van der Waals surface area (Å²) in [6.45, 7) is 4.44. The Balaban J connectivity index is 1.52. The average molecular weight is 474 g/mol. The fourth-order valence-corrected chi connectivity index (χ4v) is 5.64. The zero-order valence-electron chi connectivity index (χ0n) is 19.0. The van der Waals surface area contributed by atoms with Crippen molar-refractivity contribution in [3.05, 3.63) is 45.5 Å². The lowest BCUT2D eigenvalue weighted by atomic mass is 9.69. The van der Waals surface area contributed by atoms with E-state index in [-0.39, 0.29) is 17.8 Å². The summed E-state index contributed by atoms with van der Waals surface area (Å²) in [4.78, 5) is 38.6. The van der Waals surface area contributed by atoms with Gasteiger partial charge < -0.3 is 14.6 Å². The Hall–Kier alpha value is -2.64. The number of allylic oxidation sites excluding steroid dienone is 2. The number of carbonyl (C=O) groups is 3. The Kier molecular flexibility index (Phi) is 6.64. The fraction of sp³-hybridized carbons (Fsp3) is 0.480. The summed E-state index contributed by atoms with van der Waals surface area (Å²) in [6.07, 6.45) is 3.71. The number of benzene rings is 1. The summed E-state index contributed by atoms with van der Waals surface area (Å²) in [5.41, 5.74) is 4.23. The third-order valence-electron chi connectivity index (χ3n) is 6.98. The van der Waals surface area contributed by atoms with E-state index in [4.69, 9.17) is 16.3 Å². The van der Waals surface area contributed by atoms with Gasteiger partial charge in [-0.2, -0.15) is 4.90 Å². The predicted octanol–water partition coefficient (Wildman–Crippen LogP) is 4.72. The fourth-order valence-electron chi connectivity index (χ4n) is 5.41. The first-order chi connectivity index (χ1) is 15.8. The summed E-state index contributed by atoms with van der Waals surface area (Å²) < 4.78 is 10.8. The molecule has 7 nitrogen and oxygen atoms in total. The van der Waals surface area contributed by atoms with Crippen molar-refractivity contribution < 1.29 is 29.0 Å². The van der Waals surface area contributed by atoms with Gasteiger partial charge in [0, 0.05) is 5.92 Å². The molecule has 33 heavy (non-hydrogen) atoms. The molecule has 3 amide bonds. The Bertz CT molecular complexity index is 1060. The van der Waals surface area contributed by atoms with Crippen molar-refractivity contribution in [2.45, 2.75) is 45.6 Å². The number of carbonyl (C=O) groups excluding carboxylic acids is 3. The van der Waals surface area contributed by atoms with E-state index in [0.717, 1.165) is 41.5 Å². The number of amides is 3. The molecule has 1 aromatic carbocycles. The molecule has 3 aliphatic rings. The van der Waals surface area contributed by atoms with Gasteiger partial charge in [-0.25, -0.2) is 4.79 Å². The van der Waals surface area contributed by atoms with E-state index in [1.54, 1.807) is 12.1 Å². The highest BCUT2D eigenvalue weighted by atomic mass is 35.5. The summed E-state index contributed by atoms with van der Waals surface area (Å²) in [5.74, 6) is -2.10. The molecule has 8 heteroatoms. The zero-order valence-corrected chi connectivity index (χ0v) is 19.7. The van der Waals surface area contributed by atoms with Crippen molar-refractivity contribution in [1.82, 2.24) is 4.90 Å². The minimum atomic E-state index is -0.914. The van der Waals surface area contributed by atoms with Crippen LogP contribution < -0.4 is 0 Å². The molecule has 176 valence electrons. The first kappa shape index (κ1) is 23.5. The highest BCUT2D eigenvalue weighted by Crippen LogP contribution is 2.50. The van der Waals surface area contributed by atoms with Crippen molar-refractivity contribution in [2.75, 3.05) is 13.7 Å². The average Bonchev–Trinajstić information content (AvgIpc) is 3.32. The standard InChI is InChI=1S/C25H28ClNO6/c1-4-14-10-17-22(24(30)27(23(17)29)25(31)32-3)18-12-33-20(21(14)18)8-5-13(2)9-15-6-7-16(28)11-19(15)26/h6-7,9,11,17-18,20,22,28H,4-5,8,10,12H2,1-3H3/b13-9+/t17-,18+,20-,22-/m1/s1. The summed E-state index contributed by atoms with van der Waals surface area (Å²) in [5, 5.41) is 10.0. The molecule has 0 radical (unpaired) electrons. The van der Waals surface area contributed by atoms with Crippen molar-refractivity contribution in [3.8, 4) is 5.75 Å². The second-order valence-corrected chi connectivity index (χ2v) is 9.30. The number of fused-ring (bicyclic) bond motifs is 3. The molecule has 0 saturated carbocycles. The minimum Gasteiger partial charge on any atom is -0.508 e. The molecule has 2 saturated heterocycles. The van der Waals surface area contributed by atoms with E-state index >= 15 is 0 Å². The maximum absolute atomic E-state index is 13.0. The summed E-state index contributed by atoms with van der Waals surface area (Å²) in [7, 11) is 1.17. The predicted molar refractivity (Wildman–Crippen MR) is 122 cm³/mol. The molecule has 2 heterocycles. The summed E-state index contributed by atoms with van der Waals surface area (Å²) >= 11 is 6.22. The highest BCUT2D eigenvalue weighted by Gasteiger charge is 2.58. The number of aromatic hydroxyl groups is 1. The van der Waals surface area contributed by atoms with Crippen molar-refractivity contribution in [2.24, 2.45) is 17.8 Å². The van der Waals surface area contributed by atoms with Crippen LogP contribution in [0.15, 0.2) is 34.9 Å². The lowest BCUT2D eigenvalue weighted by Crippen LogP contribution is -2.38. The van der Waals surface area contributed by atoms with Gasteiger partial charge in [-0.05, 0) is 61.9 Å². The maximum Gasteiger partial charge on any atom is 0.423 e. The number of ether oxygens (including phenoxy) is 2. The molecule has 0 spiro atoms. The molecule has 2 aliphatic heterocycles. The molecule has 0 aromatic heterocycles. The largest absolute Gasteiger partial charge is 0.508 e. The van der Waals surface area contributed by atoms with Crippen LogP contribution in [-0.2, 0) is 19.1 Å². The van der Waals surface area contributed by atoms with Crippen LogP contribution in [0.4, 0.5) is 4.79 Å². The van der Waals surface area contributed by atoms with Crippen molar-refractivity contribution >= 4 is 35.6 Å². The molecular formula is C25H28ClNO6. The van der Waals surface area contributed by atoms with Crippen LogP contribution in [0.25, 0.3) is 6.08 Å². The molecule has 1 aromatic rings. The van der Waals surface area contributed by atoms with Gasteiger partial charge in [-0.3, -0.25) is 9.59 Å². The zero-order chi connectivity index (χ0) is 23.9. The molecular weight excluding hydrogens is 446 g/mol. The van der Waals surface area contributed by atoms with Gasteiger partial charge >= 0.3 is 6.09 Å². The first-order valence-electron chi connectivity index (χ1n) is 11.2. The smallest absolute Gasteiger partial charge is 0.423 e. The van der Waals surface area contributed by atoms with Crippen molar-refractivity contribution in [1.29, 1.82) is 0 Å². The number of rotatable bonds is 5. The number of phenolic OH excluding ortho intramolecular Hbond substituents is 1. The van der Waals surface area contributed by atoms with E-state index in [9.17, 15) is 19.5 Å². The van der Waals surface area contributed by atoms with Crippen LogP contribution in [0.3, 0.4) is 0 Å². The number of hydrogen-bond donors (Lipinski definition) is 1. The van der Waals surface area contributed by atoms with Gasteiger partial charge in [0.1, 0.15) is 5.75 Å². The summed E-state index contributed by atoms with van der Waals surface area (Å²) in [6, 6.07) is 4.89. The van der Waals surface area contributed by atoms with Gasteiger partial charge in [-0.15, -0.1) is 0 Å². The topological polar surface area (TPSA) is 93.1 Å². The minimum absolute atomic E-state index is 0.125. The third-order valence-corrected chi connectivity index (χ3v) is 7.31. The number of methoxy groups -OCH3 is 1. The number of phenols is 1. The van der Waals surface area contributed by atoms with E-state index in [0.29, 0.717) is 23.0 Å². The lowest BCUT2D eigenvalue weighted by Gasteiger charge is -2.31. The second kappa shape index (κ2) is 9.31. The number of halogens is 1. The second-order valence-electron chi connectivity index (χ2n) is 8.89. The quantitative estimate of drug-likeness (QED) is 0.491. The van der Waals surface area contributed by atoms with Crippen LogP contribution in [0.2, 0.25) is 5.02 Å². The third kappa shape index (κ3) is 4.20. The molecule has 2 fully saturated rings. The molecule has 0 bridgehead atoms. The monoisotopic (exact) mass is 473 g/mol. The van der Waals surface area contributed by atoms with Crippen LogP contribution in [0.1, 0.15) is 45.1 Å². The Morgan fingerprint density at radius 2 is 2.06 bits per heavy atom. The SMILES string of the molecule is CCC1=C2[C@@H](CC/C(C)=C/c3ccc(O)cc3Cl)OC[C@@H]2[C@@H]2C(=O)N(C(=O)OC)C(=O)[C@@H]2C1. The Morgan fingerprint density at radius 1 is 1.30 bits per heavy atom. The number of likely N-dealkylation sites (tertiary alicyclic amines) is 1. The molecule has 1 aliphatic carbocycles. The maximum atomic E-state index is 13.0. The molecule has 0 unspecified atom stereocenters. The van der Waals surface area contributed by atoms with Gasteiger partial charge in [0.2, 0.25) is 11.8 Å². The van der Waals surface area contributed by atoms with E-state index in [2.05, 4.69) is 4.74 Å². The van der Waals surface area contributed by atoms with Crippen molar-refractivity contribution in [3.63, 3.8) is 0 Å². The number of hydrogen-bond acceptors (Lipinski definition) is 6. The van der Waals surface area contributed by atoms with Crippen LogP contribution in [0.5, 0.6) is 5.75 Å².